The minimum atomic E-state index is -0.780. The van der Waals surface area contributed by atoms with Crippen molar-refractivity contribution in [2.75, 3.05) is 20.6 Å². The third-order valence-electron chi connectivity index (χ3n) is 8.25. The summed E-state index contributed by atoms with van der Waals surface area (Å²) in [5.74, 6) is 0.174. The predicted octanol–water partition coefficient (Wildman–Crippen LogP) is 0.438. The van der Waals surface area contributed by atoms with E-state index in [4.69, 9.17) is 4.74 Å². The van der Waals surface area contributed by atoms with Gasteiger partial charge < -0.3 is 19.4 Å². The van der Waals surface area contributed by atoms with Gasteiger partial charge >= 0.3 is 0 Å². The van der Waals surface area contributed by atoms with E-state index in [9.17, 15) is 14.4 Å². The molecule has 6 rings (SSSR count). The maximum Gasteiger partial charge on any atom is 0.249 e. The number of hydrogen-bond donors (Lipinski definition) is 0. The van der Waals surface area contributed by atoms with Gasteiger partial charge in [0.15, 0.2) is 6.23 Å². The van der Waals surface area contributed by atoms with Gasteiger partial charge in [-0.25, -0.2) is 0 Å². The molecule has 2 spiro atoms. The van der Waals surface area contributed by atoms with Gasteiger partial charge in [0, 0.05) is 44.8 Å². The molecule has 6 heterocycles. The highest BCUT2D eigenvalue weighted by Gasteiger charge is 2.75. The van der Waals surface area contributed by atoms with Crippen molar-refractivity contribution in [3.8, 4) is 0 Å². The zero-order valence-corrected chi connectivity index (χ0v) is 16.1. The third kappa shape index (κ3) is 1.54. The lowest BCUT2D eigenvalue weighted by Crippen LogP contribution is -2.82. The lowest BCUT2D eigenvalue weighted by molar-refractivity contribution is -0.206. The van der Waals surface area contributed by atoms with Crippen LogP contribution in [0.5, 0.6) is 0 Å². The maximum atomic E-state index is 13.5. The number of likely N-dealkylation sites (N-methyl/N-ethyl adjacent to an activating group) is 2. The number of amides is 3. The number of nitrogens with zero attached hydrogens (tertiary/aromatic N) is 3. The van der Waals surface area contributed by atoms with Crippen molar-refractivity contribution in [1.82, 2.24) is 14.7 Å². The summed E-state index contributed by atoms with van der Waals surface area (Å²) in [6.45, 7) is 6.53. The number of epoxide rings is 1. The summed E-state index contributed by atoms with van der Waals surface area (Å²) in [6, 6.07) is 0. The number of piperidine rings is 2. The molecule has 6 atom stereocenters. The first-order valence-electron chi connectivity index (χ1n) is 9.59. The Hall–Kier alpha value is -1.63. The van der Waals surface area contributed by atoms with Crippen molar-refractivity contribution >= 4 is 17.7 Å². The predicted molar refractivity (Wildman–Crippen MR) is 91.7 cm³/mol. The molecule has 0 aromatic rings. The summed E-state index contributed by atoms with van der Waals surface area (Å²) in [7, 11) is 3.68. The van der Waals surface area contributed by atoms with Crippen molar-refractivity contribution in [3.05, 3.63) is 0 Å². The molecular weight excluding hydrogens is 334 g/mol. The van der Waals surface area contributed by atoms with Crippen LogP contribution < -0.4 is 0 Å². The average Bonchev–Trinajstić information content (AvgIpc) is 3.29. The third-order valence-corrected chi connectivity index (χ3v) is 8.25. The molecule has 3 amide bonds. The topological polar surface area (TPSA) is 73.5 Å². The van der Waals surface area contributed by atoms with Gasteiger partial charge in [-0.05, 0) is 12.3 Å². The molecule has 0 saturated carbocycles. The smallest absolute Gasteiger partial charge is 0.249 e. The number of fused-ring (bicyclic) bond motifs is 2. The zero-order valence-electron chi connectivity index (χ0n) is 16.1. The molecule has 6 saturated heterocycles. The van der Waals surface area contributed by atoms with Crippen molar-refractivity contribution in [1.29, 1.82) is 0 Å². The van der Waals surface area contributed by atoms with Crippen LogP contribution >= 0.6 is 0 Å². The van der Waals surface area contributed by atoms with Crippen LogP contribution in [0.15, 0.2) is 0 Å². The van der Waals surface area contributed by atoms with Gasteiger partial charge in [0.25, 0.3) is 0 Å². The monoisotopic (exact) mass is 361 g/mol. The Morgan fingerprint density at radius 1 is 1.08 bits per heavy atom. The number of rotatable bonds is 0. The average molecular weight is 361 g/mol. The van der Waals surface area contributed by atoms with E-state index in [0.29, 0.717) is 25.8 Å². The SMILES string of the molecule is C[C@H]1CC(=O)N2C[C@]34CC5OC5N(C)C(=O)C(C)(C)C3C[C@]12C(=O)N4C. The standard InChI is InChI=1S/C19H27N3O4/c1-10-6-13(23)22-9-18-7-11-14(26-11)20(4)15(24)17(2,3)12(18)8-19(10,22)16(25)21(18)5/h10-12,14H,6-9H2,1-5H3/t10-,11?,12?,14?,18+,19+/m0/s1. The number of piperazine rings is 1. The summed E-state index contributed by atoms with van der Waals surface area (Å²) in [5.41, 5.74) is -1.93. The molecule has 0 radical (unpaired) electrons. The highest BCUT2D eigenvalue weighted by Crippen LogP contribution is 2.61. The van der Waals surface area contributed by atoms with Gasteiger partial charge in [-0.15, -0.1) is 0 Å². The van der Waals surface area contributed by atoms with Crippen LogP contribution in [-0.4, -0.2) is 76.5 Å². The fourth-order valence-corrected chi connectivity index (χ4v) is 6.66. The molecule has 0 aliphatic carbocycles. The van der Waals surface area contributed by atoms with Crippen LogP contribution in [0.4, 0.5) is 0 Å². The number of likely N-dealkylation sites (tertiary alicyclic amines) is 1. The van der Waals surface area contributed by atoms with Gasteiger partial charge in [0.05, 0.1) is 5.54 Å². The van der Waals surface area contributed by atoms with E-state index >= 15 is 0 Å². The van der Waals surface area contributed by atoms with Crippen LogP contribution in [0.3, 0.4) is 0 Å². The molecule has 6 aliphatic heterocycles. The molecule has 0 aromatic heterocycles. The normalized spacial score (nSPS) is 48.8. The summed E-state index contributed by atoms with van der Waals surface area (Å²) >= 11 is 0. The highest BCUT2D eigenvalue weighted by atomic mass is 16.6. The summed E-state index contributed by atoms with van der Waals surface area (Å²) in [6.07, 6.45) is 1.41. The molecule has 2 bridgehead atoms. The first kappa shape index (κ1) is 16.5. The Balaban J connectivity index is 1.70. The van der Waals surface area contributed by atoms with Crippen LogP contribution in [0.25, 0.3) is 0 Å². The van der Waals surface area contributed by atoms with E-state index in [-0.39, 0.29) is 41.9 Å². The van der Waals surface area contributed by atoms with E-state index in [1.165, 1.54) is 0 Å². The second kappa shape index (κ2) is 4.43. The first-order chi connectivity index (χ1) is 12.1. The highest BCUT2D eigenvalue weighted by molar-refractivity contribution is 5.98. The van der Waals surface area contributed by atoms with Gasteiger partial charge in [-0.3, -0.25) is 14.4 Å². The van der Waals surface area contributed by atoms with E-state index in [1.54, 1.807) is 4.90 Å². The Labute approximate surface area is 153 Å². The molecule has 7 heteroatoms. The summed E-state index contributed by atoms with van der Waals surface area (Å²) in [5, 5.41) is 0. The molecule has 26 heavy (non-hydrogen) atoms. The second-order valence-electron chi connectivity index (χ2n) is 9.64. The van der Waals surface area contributed by atoms with E-state index in [2.05, 4.69) is 0 Å². The Bertz CT molecular complexity index is 751. The van der Waals surface area contributed by atoms with Gasteiger partial charge in [-0.2, -0.15) is 0 Å². The maximum absolute atomic E-state index is 13.5. The number of carbonyl (C=O) groups is 3. The largest absolute Gasteiger partial charge is 0.347 e. The van der Waals surface area contributed by atoms with Gasteiger partial charge in [-0.1, -0.05) is 20.8 Å². The molecule has 0 N–H and O–H groups in total. The lowest BCUT2D eigenvalue weighted by Gasteiger charge is -2.67. The van der Waals surface area contributed by atoms with E-state index < -0.39 is 16.5 Å². The van der Waals surface area contributed by atoms with Crippen molar-refractivity contribution in [2.45, 2.75) is 63.4 Å². The van der Waals surface area contributed by atoms with Crippen LogP contribution in [0, 0.1) is 17.3 Å². The number of ether oxygens (including phenoxy) is 1. The van der Waals surface area contributed by atoms with Crippen molar-refractivity contribution in [2.24, 2.45) is 17.3 Å². The van der Waals surface area contributed by atoms with E-state index in [0.717, 1.165) is 0 Å². The summed E-state index contributed by atoms with van der Waals surface area (Å²) in [4.78, 5) is 44.9. The van der Waals surface area contributed by atoms with Crippen LogP contribution in [0.2, 0.25) is 0 Å². The fourth-order valence-electron chi connectivity index (χ4n) is 6.66. The van der Waals surface area contributed by atoms with Crippen LogP contribution in [0.1, 0.15) is 40.0 Å². The number of hydrogen-bond acceptors (Lipinski definition) is 4. The van der Waals surface area contributed by atoms with Crippen molar-refractivity contribution in [3.63, 3.8) is 0 Å². The van der Waals surface area contributed by atoms with Crippen LogP contribution in [-0.2, 0) is 19.1 Å². The molecule has 6 fully saturated rings. The lowest BCUT2D eigenvalue weighted by atomic mass is 9.53. The fraction of sp³-hybridized carbons (Fsp3) is 0.842. The minimum absolute atomic E-state index is 0.00222. The number of carbonyl (C=O) groups excluding carboxylic acids is 3. The van der Waals surface area contributed by atoms with E-state index in [1.807, 2.05) is 44.7 Å². The second-order valence-corrected chi connectivity index (χ2v) is 9.64. The molecule has 142 valence electrons. The Morgan fingerprint density at radius 3 is 2.46 bits per heavy atom. The summed E-state index contributed by atoms with van der Waals surface area (Å²) < 4.78 is 5.81. The zero-order chi connectivity index (χ0) is 18.8. The minimum Gasteiger partial charge on any atom is -0.347 e. The first-order valence-corrected chi connectivity index (χ1v) is 9.59. The van der Waals surface area contributed by atoms with Gasteiger partial charge in [0.1, 0.15) is 11.6 Å². The quantitative estimate of drug-likeness (QED) is 0.587. The Morgan fingerprint density at radius 2 is 1.77 bits per heavy atom. The molecule has 7 nitrogen and oxygen atoms in total. The molecule has 6 aliphatic rings. The molecular formula is C19H27N3O4. The van der Waals surface area contributed by atoms with Crippen molar-refractivity contribution < 1.29 is 19.1 Å². The molecule has 3 unspecified atom stereocenters. The Kier molecular flexibility index (Phi) is 2.82. The van der Waals surface area contributed by atoms with Gasteiger partial charge in [0.2, 0.25) is 17.7 Å². The molecule has 0 aromatic carbocycles.